The first-order chi connectivity index (χ1) is 7.65. The van der Waals surface area contributed by atoms with Gasteiger partial charge in [-0.2, -0.15) is 35.4 Å². The molecule has 0 heterocycles. The van der Waals surface area contributed by atoms with E-state index in [0.717, 1.165) is 12.8 Å². The first-order valence-electron chi connectivity index (χ1n) is 6.10. The van der Waals surface area contributed by atoms with Crippen molar-refractivity contribution in [2.24, 2.45) is 0 Å². The third kappa shape index (κ3) is 6.09. The Hall–Kier alpha value is -0.534. The minimum absolute atomic E-state index is 0. The average molecular weight is 239 g/mol. The molecule has 2 aromatic carbocycles. The maximum absolute atomic E-state index is 2.22. The molecule has 0 nitrogen and oxygen atoms in total. The molecule has 0 fully saturated rings. The summed E-state index contributed by atoms with van der Waals surface area (Å²) in [6.45, 7) is 8.60. The molecule has 0 radical (unpaired) electrons. The molecule has 0 unspecified atom stereocenters. The van der Waals surface area contributed by atoms with Gasteiger partial charge in [-0.25, -0.2) is 23.3 Å². The Morgan fingerprint density at radius 3 is 1.29 bits per heavy atom. The molecule has 0 amide bonds. The molecule has 0 saturated heterocycles. The van der Waals surface area contributed by atoms with Gasteiger partial charge >= 0.3 is 23.1 Å². The van der Waals surface area contributed by atoms with E-state index in [4.69, 9.17) is 0 Å². The average Bonchev–Trinajstić information content (AvgIpc) is 2.88. The molecule has 1 heteroatoms. The van der Waals surface area contributed by atoms with Gasteiger partial charge in [0.25, 0.3) is 0 Å². The summed E-state index contributed by atoms with van der Waals surface area (Å²) in [5.74, 6) is 0. The van der Waals surface area contributed by atoms with Crippen molar-refractivity contribution in [3.8, 4) is 0 Å². The van der Waals surface area contributed by atoms with Crippen molar-refractivity contribution >= 4 is 23.1 Å². The van der Waals surface area contributed by atoms with E-state index in [0.29, 0.717) is 0 Å². The van der Waals surface area contributed by atoms with Gasteiger partial charge in [0.05, 0.1) is 0 Å². The summed E-state index contributed by atoms with van der Waals surface area (Å²) in [6, 6.07) is 13.1. The van der Waals surface area contributed by atoms with Gasteiger partial charge in [0.1, 0.15) is 0 Å². The zero-order valence-corrected chi connectivity index (χ0v) is 13.0. The van der Waals surface area contributed by atoms with Crippen LogP contribution in [0.4, 0.5) is 0 Å². The maximum Gasteiger partial charge on any atom is 2.00 e. The van der Waals surface area contributed by atoms with Gasteiger partial charge in [0, 0.05) is 0 Å². The summed E-state index contributed by atoms with van der Waals surface area (Å²) in [4.78, 5) is 0. The second-order valence-corrected chi connectivity index (χ2v) is 4.30. The molecule has 0 atom stereocenters. The van der Waals surface area contributed by atoms with Crippen LogP contribution in [-0.2, 0) is 12.8 Å². The largest absolute Gasteiger partial charge is 2.00 e. The van der Waals surface area contributed by atoms with Crippen molar-refractivity contribution in [2.45, 2.75) is 40.5 Å². The first-order valence-corrected chi connectivity index (χ1v) is 6.10. The maximum atomic E-state index is 2.22. The number of aryl methyl sites for hydroxylation is 4. The van der Waals surface area contributed by atoms with Crippen LogP contribution in [0.25, 0.3) is 0 Å². The monoisotopic (exact) mass is 238 g/mol. The van der Waals surface area contributed by atoms with E-state index in [2.05, 4.69) is 64.1 Å². The molecule has 0 aliphatic rings. The summed E-state index contributed by atoms with van der Waals surface area (Å²) in [6.07, 6.45) is 2.32. The Kier molecular flexibility index (Phi) is 8.27. The van der Waals surface area contributed by atoms with Crippen LogP contribution < -0.4 is 0 Å². The standard InChI is InChI=1S/2C8H11.Mg/c2*1-3-8-5-4-7(2)6-8;/h2*4-6H,3H2,1-2H3;/q2*-1;+2. The van der Waals surface area contributed by atoms with Gasteiger partial charge < -0.3 is 0 Å². The first kappa shape index (κ1) is 16.5. The molecule has 0 N–H and O–H groups in total. The van der Waals surface area contributed by atoms with Crippen LogP contribution in [0.5, 0.6) is 0 Å². The van der Waals surface area contributed by atoms with Crippen LogP contribution >= 0.6 is 0 Å². The smallest absolute Gasteiger partial charge is 0.211 e. The Morgan fingerprint density at radius 2 is 1.18 bits per heavy atom. The fraction of sp³-hybridized carbons (Fsp3) is 0.375. The van der Waals surface area contributed by atoms with E-state index in [9.17, 15) is 0 Å². The predicted octanol–water partition coefficient (Wildman–Crippen LogP) is 4.17. The topological polar surface area (TPSA) is 0 Å². The minimum Gasteiger partial charge on any atom is -0.211 e. The van der Waals surface area contributed by atoms with E-state index in [1.165, 1.54) is 22.3 Å². The molecule has 0 spiro atoms. The molecule has 0 saturated carbocycles. The van der Waals surface area contributed by atoms with Gasteiger partial charge in [-0.05, 0) is 0 Å². The molecular formula is C16H22Mg. The van der Waals surface area contributed by atoms with Crippen molar-refractivity contribution in [1.82, 2.24) is 0 Å². The van der Waals surface area contributed by atoms with Gasteiger partial charge in [0.2, 0.25) is 0 Å². The molecule has 0 aliphatic heterocycles. The van der Waals surface area contributed by atoms with Crippen LogP contribution in [0.2, 0.25) is 0 Å². The van der Waals surface area contributed by atoms with Crippen LogP contribution in [0, 0.1) is 13.8 Å². The van der Waals surface area contributed by atoms with E-state index in [-0.39, 0.29) is 23.1 Å². The quantitative estimate of drug-likeness (QED) is 0.544. The SMILES string of the molecule is CC[c-]1ccc(C)c1.CC[c-]1ccc(C)c1.[Mg+2]. The minimum atomic E-state index is 0. The van der Waals surface area contributed by atoms with Crippen molar-refractivity contribution in [1.29, 1.82) is 0 Å². The van der Waals surface area contributed by atoms with Crippen molar-refractivity contribution < 1.29 is 0 Å². The van der Waals surface area contributed by atoms with E-state index in [1.54, 1.807) is 0 Å². The molecule has 2 aromatic rings. The normalized spacial score (nSPS) is 9.18. The molecule has 2 rings (SSSR count). The van der Waals surface area contributed by atoms with Gasteiger partial charge in [-0.3, -0.25) is 0 Å². The van der Waals surface area contributed by atoms with Crippen LogP contribution in [0.15, 0.2) is 36.4 Å². The number of hydrogen-bond acceptors (Lipinski definition) is 0. The second-order valence-electron chi connectivity index (χ2n) is 4.30. The van der Waals surface area contributed by atoms with Crippen LogP contribution in [0.3, 0.4) is 0 Å². The molecule has 0 aromatic heterocycles. The van der Waals surface area contributed by atoms with Crippen molar-refractivity contribution in [2.75, 3.05) is 0 Å². The van der Waals surface area contributed by atoms with Crippen LogP contribution in [0.1, 0.15) is 36.1 Å². The molecule has 0 aliphatic carbocycles. The van der Waals surface area contributed by atoms with E-state index in [1.807, 2.05) is 0 Å². The Bertz CT molecular complexity index is 366. The Balaban J connectivity index is 0.000000284. The zero-order valence-electron chi connectivity index (χ0n) is 11.6. The fourth-order valence-corrected chi connectivity index (χ4v) is 1.69. The summed E-state index contributed by atoms with van der Waals surface area (Å²) >= 11 is 0. The third-order valence-corrected chi connectivity index (χ3v) is 2.76. The van der Waals surface area contributed by atoms with Gasteiger partial charge in [-0.15, -0.1) is 0 Å². The Labute approximate surface area is 122 Å². The summed E-state index contributed by atoms with van der Waals surface area (Å²) in [5.41, 5.74) is 5.65. The zero-order chi connectivity index (χ0) is 12.0. The van der Waals surface area contributed by atoms with E-state index < -0.39 is 0 Å². The van der Waals surface area contributed by atoms with Crippen molar-refractivity contribution in [3.63, 3.8) is 0 Å². The fourth-order valence-electron chi connectivity index (χ4n) is 1.69. The number of hydrogen-bond donors (Lipinski definition) is 0. The van der Waals surface area contributed by atoms with Crippen LogP contribution in [-0.4, -0.2) is 23.1 Å². The Morgan fingerprint density at radius 1 is 0.824 bits per heavy atom. The number of rotatable bonds is 2. The molecular weight excluding hydrogens is 216 g/mol. The summed E-state index contributed by atoms with van der Waals surface area (Å²) in [5, 5.41) is 0. The summed E-state index contributed by atoms with van der Waals surface area (Å²) in [7, 11) is 0. The van der Waals surface area contributed by atoms with E-state index >= 15 is 0 Å². The second kappa shape index (κ2) is 8.54. The third-order valence-electron chi connectivity index (χ3n) is 2.76. The van der Waals surface area contributed by atoms with Gasteiger partial charge in [-0.1, -0.05) is 40.5 Å². The van der Waals surface area contributed by atoms with Crippen molar-refractivity contribution in [3.05, 3.63) is 58.7 Å². The van der Waals surface area contributed by atoms with Gasteiger partial charge in [0.15, 0.2) is 0 Å². The summed E-state index contributed by atoms with van der Waals surface area (Å²) < 4.78 is 0. The predicted molar refractivity (Wildman–Crippen MR) is 78.1 cm³/mol. The molecule has 0 bridgehead atoms. The molecule has 17 heavy (non-hydrogen) atoms. The molecule has 88 valence electrons.